The van der Waals surface area contributed by atoms with E-state index in [0.29, 0.717) is 50.3 Å². The number of aliphatic carboxylic acids is 1. The summed E-state index contributed by atoms with van der Waals surface area (Å²) < 4.78 is 59.6. The lowest BCUT2D eigenvalue weighted by molar-refractivity contribution is -0.147. The topological polar surface area (TPSA) is 116 Å². The third-order valence-corrected chi connectivity index (χ3v) is 7.78. The highest BCUT2D eigenvalue weighted by Gasteiger charge is 2.49. The maximum atomic E-state index is 13.9. The highest BCUT2D eigenvalue weighted by molar-refractivity contribution is 6.30. The van der Waals surface area contributed by atoms with Gasteiger partial charge in [0.25, 0.3) is 0 Å². The van der Waals surface area contributed by atoms with Crippen LogP contribution in [0.15, 0.2) is 30.3 Å². The van der Waals surface area contributed by atoms with Gasteiger partial charge in [0, 0.05) is 30.7 Å². The summed E-state index contributed by atoms with van der Waals surface area (Å²) >= 11 is 6.05. The number of benzene rings is 2. The first-order valence-corrected chi connectivity index (χ1v) is 13.6. The molecule has 2 N–H and O–H groups in total. The summed E-state index contributed by atoms with van der Waals surface area (Å²) in [6.45, 7) is -0.282. The quantitative estimate of drug-likeness (QED) is 0.295. The van der Waals surface area contributed by atoms with E-state index in [-0.39, 0.29) is 18.5 Å². The van der Waals surface area contributed by atoms with Crippen molar-refractivity contribution in [1.82, 2.24) is 15.1 Å². The number of nitrogens with one attached hydrogen (secondary N) is 1. The van der Waals surface area contributed by atoms with Crippen LogP contribution in [0, 0.1) is 23.3 Å². The maximum Gasteiger partial charge on any atom is 0.305 e. The number of ketones is 1. The molecule has 1 heterocycles. The summed E-state index contributed by atoms with van der Waals surface area (Å²) in [6.07, 6.45) is 1.11. The lowest BCUT2D eigenvalue weighted by Gasteiger charge is -2.44. The molecule has 4 rings (SSSR count). The van der Waals surface area contributed by atoms with Crippen molar-refractivity contribution in [1.29, 1.82) is 0 Å². The largest absolute Gasteiger partial charge is 0.481 e. The van der Waals surface area contributed by atoms with Crippen molar-refractivity contribution in [2.75, 3.05) is 26.2 Å². The highest BCUT2D eigenvalue weighted by Crippen LogP contribution is 2.37. The van der Waals surface area contributed by atoms with Gasteiger partial charge in [-0.15, -0.1) is 0 Å². The van der Waals surface area contributed by atoms with Crippen molar-refractivity contribution in [2.24, 2.45) is 0 Å². The van der Waals surface area contributed by atoms with E-state index in [1.807, 2.05) is 6.07 Å². The van der Waals surface area contributed by atoms with Crippen LogP contribution >= 0.6 is 11.6 Å². The molecule has 0 spiro atoms. The van der Waals surface area contributed by atoms with Crippen LogP contribution in [0.2, 0.25) is 5.02 Å². The molecule has 1 saturated carbocycles. The molecule has 42 heavy (non-hydrogen) atoms. The molecular weight excluding hydrogens is 586 g/mol. The van der Waals surface area contributed by atoms with Crippen molar-refractivity contribution in [3.63, 3.8) is 0 Å². The van der Waals surface area contributed by atoms with Gasteiger partial charge in [0.2, 0.25) is 23.4 Å². The van der Waals surface area contributed by atoms with E-state index < -0.39 is 71.3 Å². The molecule has 14 heteroatoms. The first kappa shape index (κ1) is 31.2. The molecule has 0 bridgehead atoms. The Hall–Kier alpha value is -3.71. The van der Waals surface area contributed by atoms with Crippen molar-refractivity contribution >= 4 is 35.2 Å². The molecule has 2 aliphatic rings. The Morgan fingerprint density at radius 2 is 1.71 bits per heavy atom. The van der Waals surface area contributed by atoms with Gasteiger partial charge in [-0.1, -0.05) is 36.6 Å². The fraction of sp³-hybridized carbons (Fsp3) is 0.429. The third kappa shape index (κ3) is 6.84. The Labute approximate surface area is 243 Å². The van der Waals surface area contributed by atoms with E-state index in [9.17, 15) is 41.8 Å². The summed E-state index contributed by atoms with van der Waals surface area (Å²) in [6, 6.07) is 5.38. The van der Waals surface area contributed by atoms with Gasteiger partial charge in [-0.2, -0.15) is 8.78 Å². The van der Waals surface area contributed by atoms with Crippen LogP contribution in [-0.2, 0) is 25.7 Å². The lowest BCUT2D eigenvalue weighted by atomic mass is 9.91. The standard InChI is InChI=1S/C28H28ClF4N3O6/c29-17-5-3-4-16(10-17)13-35-8-9-36(14-22(35)38)28(6-1-2-7-28)27(41)34-20(12-23(39)40)21(37)15-42-26-24(32)18(30)11-19(31)25(26)33/h3-5,10-11,20H,1-2,6-9,12-15H2,(H,34,41)(H,39,40). The van der Waals surface area contributed by atoms with Crippen LogP contribution in [0.4, 0.5) is 17.6 Å². The number of carboxylic acids is 1. The molecule has 1 unspecified atom stereocenters. The van der Waals surface area contributed by atoms with Crippen LogP contribution in [0.25, 0.3) is 0 Å². The zero-order chi connectivity index (χ0) is 30.6. The molecule has 1 saturated heterocycles. The van der Waals surface area contributed by atoms with Gasteiger partial charge in [-0.3, -0.25) is 24.1 Å². The number of nitrogens with zero attached hydrogens (tertiary/aromatic N) is 2. The Morgan fingerprint density at radius 3 is 2.31 bits per heavy atom. The molecule has 2 aromatic carbocycles. The minimum absolute atomic E-state index is 0.0321. The number of Topliss-reactive ketones (excluding diaryl/α,β-unsaturated/α-hetero) is 1. The summed E-state index contributed by atoms with van der Waals surface area (Å²) in [7, 11) is 0. The van der Waals surface area contributed by atoms with Crippen LogP contribution in [0.5, 0.6) is 5.75 Å². The predicted octanol–water partition coefficient (Wildman–Crippen LogP) is 3.46. The molecule has 1 aliphatic carbocycles. The fourth-order valence-corrected chi connectivity index (χ4v) is 5.59. The van der Waals surface area contributed by atoms with Crippen molar-refractivity contribution < 1.29 is 46.6 Å². The molecule has 9 nitrogen and oxygen atoms in total. The van der Waals surface area contributed by atoms with Crippen LogP contribution < -0.4 is 10.1 Å². The number of ether oxygens (including phenoxy) is 1. The summed E-state index contributed by atoms with van der Waals surface area (Å²) in [5, 5.41) is 12.3. The van der Waals surface area contributed by atoms with Crippen LogP contribution in [-0.4, -0.2) is 76.3 Å². The second-order valence-electron chi connectivity index (χ2n) is 10.3. The van der Waals surface area contributed by atoms with Gasteiger partial charge in [-0.05, 0) is 30.5 Å². The predicted molar refractivity (Wildman–Crippen MR) is 141 cm³/mol. The second-order valence-corrected chi connectivity index (χ2v) is 10.7. The summed E-state index contributed by atoms with van der Waals surface area (Å²) in [5.74, 6) is -12.2. The van der Waals surface area contributed by atoms with E-state index in [2.05, 4.69) is 5.32 Å². The Balaban J connectivity index is 1.46. The fourth-order valence-electron chi connectivity index (χ4n) is 5.38. The average Bonchev–Trinajstić information content (AvgIpc) is 3.44. The Morgan fingerprint density at radius 1 is 1.05 bits per heavy atom. The number of carbonyl (C=O) groups excluding carboxylic acids is 3. The van der Waals surface area contributed by atoms with Crippen molar-refractivity contribution in [2.45, 2.75) is 50.2 Å². The number of hydrogen-bond donors (Lipinski definition) is 2. The Bertz CT molecular complexity index is 1360. The maximum absolute atomic E-state index is 13.9. The molecular formula is C28H28ClF4N3O6. The van der Waals surface area contributed by atoms with Gasteiger partial charge >= 0.3 is 5.97 Å². The SMILES string of the molecule is O=C(O)CC(NC(=O)C1(N2CCN(Cc3cccc(Cl)c3)C(=O)C2)CCCC1)C(=O)COc1c(F)c(F)cc(F)c1F. The zero-order valence-electron chi connectivity index (χ0n) is 22.3. The molecule has 1 atom stereocenters. The van der Waals surface area contributed by atoms with Crippen molar-refractivity contribution in [3.05, 3.63) is 64.2 Å². The van der Waals surface area contributed by atoms with Gasteiger partial charge < -0.3 is 20.1 Å². The highest BCUT2D eigenvalue weighted by atomic mass is 35.5. The monoisotopic (exact) mass is 613 g/mol. The second kappa shape index (κ2) is 13.1. The van der Waals surface area contributed by atoms with E-state index in [1.54, 1.807) is 28.0 Å². The van der Waals surface area contributed by atoms with Gasteiger partial charge in [-0.25, -0.2) is 8.78 Å². The number of halogens is 5. The lowest BCUT2D eigenvalue weighted by Crippen LogP contribution is -2.65. The third-order valence-electron chi connectivity index (χ3n) is 7.54. The summed E-state index contributed by atoms with van der Waals surface area (Å²) in [5.41, 5.74) is -0.352. The normalized spacial score (nSPS) is 17.6. The molecule has 226 valence electrons. The first-order valence-electron chi connectivity index (χ1n) is 13.2. The smallest absolute Gasteiger partial charge is 0.305 e. The number of piperazine rings is 1. The zero-order valence-corrected chi connectivity index (χ0v) is 23.1. The van der Waals surface area contributed by atoms with Gasteiger partial charge in [0.15, 0.2) is 23.2 Å². The number of hydrogen-bond acceptors (Lipinski definition) is 6. The van der Waals surface area contributed by atoms with E-state index in [0.717, 1.165) is 5.56 Å². The van der Waals surface area contributed by atoms with E-state index in [1.165, 1.54) is 0 Å². The number of carboxylic acid groups (broad SMARTS) is 1. The molecule has 0 aromatic heterocycles. The average molecular weight is 614 g/mol. The minimum atomic E-state index is -1.87. The minimum Gasteiger partial charge on any atom is -0.481 e. The van der Waals surface area contributed by atoms with E-state index >= 15 is 0 Å². The number of rotatable bonds is 11. The molecule has 2 fully saturated rings. The molecule has 1 aliphatic heterocycles. The van der Waals surface area contributed by atoms with Gasteiger partial charge in [0.05, 0.1) is 13.0 Å². The molecule has 2 aromatic rings. The van der Waals surface area contributed by atoms with Crippen LogP contribution in [0.1, 0.15) is 37.7 Å². The van der Waals surface area contributed by atoms with Crippen molar-refractivity contribution in [3.8, 4) is 5.75 Å². The number of carbonyl (C=O) groups is 4. The molecule has 0 radical (unpaired) electrons. The Kier molecular flexibility index (Phi) is 9.72. The number of amides is 2. The van der Waals surface area contributed by atoms with E-state index in [4.69, 9.17) is 16.3 Å². The van der Waals surface area contributed by atoms with Crippen LogP contribution in [0.3, 0.4) is 0 Å². The first-order chi connectivity index (χ1) is 19.9. The molecule has 2 amide bonds. The summed E-state index contributed by atoms with van der Waals surface area (Å²) in [4.78, 5) is 54.4. The van der Waals surface area contributed by atoms with Gasteiger partial charge in [0.1, 0.15) is 18.2 Å².